The highest BCUT2D eigenvalue weighted by molar-refractivity contribution is 7.45. The number of carbonyl (C=O) groups excluding carboxylic acids is 1. The molecule has 0 aromatic rings. The molecule has 1 amide bonds. The third-order valence-corrected chi connectivity index (χ3v) is 11.4. The number of quaternary nitrogens is 1. The van der Waals surface area contributed by atoms with Gasteiger partial charge in [0.2, 0.25) is 5.91 Å². The SMILES string of the molecule is CC/C=C\C/C=C\C/C=C\C/C=C\C/C=C\C/C=C\C/C=C\C/C=C\C/C=C\C/C=C\CCCCC(=O)NC(COP(=O)([O-])OCC[N+](C)(C)C)C(O)/C=C/CC/C=C/CC/C=C/CCCCCC. The second-order valence-corrected chi connectivity index (χ2v) is 19.5. The van der Waals surface area contributed by atoms with Crippen LogP contribution in [-0.2, 0) is 18.4 Å². The van der Waals surface area contributed by atoms with Crippen LogP contribution in [-0.4, -0.2) is 68.5 Å². The van der Waals surface area contributed by atoms with Crippen molar-refractivity contribution in [3.8, 4) is 0 Å². The number of nitrogens with one attached hydrogen (secondary N) is 1. The van der Waals surface area contributed by atoms with E-state index in [1.165, 1.54) is 25.7 Å². The third kappa shape index (κ3) is 51.8. The second-order valence-electron chi connectivity index (χ2n) is 18.1. The summed E-state index contributed by atoms with van der Waals surface area (Å²) in [4.78, 5) is 25.4. The highest BCUT2D eigenvalue weighted by atomic mass is 31.2. The van der Waals surface area contributed by atoms with E-state index in [-0.39, 0.29) is 18.9 Å². The number of unbranched alkanes of at least 4 members (excludes halogenated alkanes) is 8. The Morgan fingerprint density at radius 1 is 0.522 bits per heavy atom. The van der Waals surface area contributed by atoms with Crippen LogP contribution in [0.4, 0.5) is 0 Å². The lowest BCUT2D eigenvalue weighted by Gasteiger charge is -2.29. The Morgan fingerprint density at radius 3 is 1.32 bits per heavy atom. The van der Waals surface area contributed by atoms with Gasteiger partial charge in [-0.2, -0.15) is 0 Å². The molecule has 0 aliphatic heterocycles. The van der Waals surface area contributed by atoms with Crippen LogP contribution in [0, 0.1) is 0 Å². The molecule has 69 heavy (non-hydrogen) atoms. The fourth-order valence-corrected chi connectivity index (χ4v) is 7.05. The normalized spacial score (nSPS) is 15.3. The van der Waals surface area contributed by atoms with E-state index in [0.29, 0.717) is 23.9 Å². The number of rotatable bonds is 45. The number of carbonyl (C=O) groups is 1. The minimum atomic E-state index is -4.63. The Kier molecular flexibility index (Phi) is 46.4. The van der Waals surface area contributed by atoms with Gasteiger partial charge in [0.05, 0.1) is 39.9 Å². The van der Waals surface area contributed by atoms with Crippen LogP contribution < -0.4 is 10.2 Å². The molecule has 0 aliphatic rings. The van der Waals surface area contributed by atoms with Crippen molar-refractivity contribution in [1.29, 1.82) is 0 Å². The van der Waals surface area contributed by atoms with E-state index in [0.717, 1.165) is 103 Å². The van der Waals surface area contributed by atoms with Crippen molar-refractivity contribution in [2.45, 2.75) is 174 Å². The minimum Gasteiger partial charge on any atom is -0.756 e. The van der Waals surface area contributed by atoms with Gasteiger partial charge < -0.3 is 28.8 Å². The standard InChI is InChI=1S/C60H97N2O6P/c1-6-8-10-12-14-16-18-20-22-23-24-25-26-27-28-29-30-31-32-33-34-35-36-37-38-39-40-42-44-46-48-50-52-54-60(64)61-58(57-68-69(65,66)67-56-55-62(3,4)5)59(63)53-51-49-47-45-43-41-21-19-17-15-13-11-9-7-2/h8,10,14,16-17,19-20,22,24-25,27-28,30-31,33-34,36-37,39-40,43-46,51,53,58-59,63H,6-7,9,11-13,15,18,21,23,26,29,32,35,38,41-42,47-50,52,54-57H2,1-5H3,(H-,61,64,65,66)/b10-8-,16-14-,19-17+,22-20-,25-24-,28-27-,31-30-,34-33-,37-36-,40-39-,45-43+,46-44-,53-51+. The van der Waals surface area contributed by atoms with Gasteiger partial charge in [-0.3, -0.25) is 9.36 Å². The fourth-order valence-electron chi connectivity index (χ4n) is 6.33. The van der Waals surface area contributed by atoms with Crippen molar-refractivity contribution in [3.05, 3.63) is 158 Å². The molecule has 0 spiro atoms. The molecule has 0 saturated carbocycles. The van der Waals surface area contributed by atoms with Gasteiger partial charge in [-0.1, -0.05) is 191 Å². The number of amides is 1. The molecular formula is C60H97N2O6P. The number of likely N-dealkylation sites (N-methyl/N-ethyl adjacent to an activating group) is 1. The molecule has 0 aromatic carbocycles. The average molecular weight is 973 g/mol. The summed E-state index contributed by atoms with van der Waals surface area (Å²) in [5.74, 6) is -0.263. The molecule has 0 aromatic heterocycles. The van der Waals surface area contributed by atoms with Gasteiger partial charge in [0.1, 0.15) is 13.2 Å². The molecule has 388 valence electrons. The van der Waals surface area contributed by atoms with E-state index in [1.807, 2.05) is 27.2 Å². The number of phosphoric ester groups is 1. The summed E-state index contributed by atoms with van der Waals surface area (Å²) in [7, 11) is 1.17. The Bertz CT molecular complexity index is 1670. The molecule has 8 nitrogen and oxygen atoms in total. The number of allylic oxidation sites excluding steroid dienone is 25. The summed E-state index contributed by atoms with van der Waals surface area (Å²) < 4.78 is 23.2. The Morgan fingerprint density at radius 2 is 0.899 bits per heavy atom. The zero-order valence-corrected chi connectivity index (χ0v) is 44.8. The molecule has 0 heterocycles. The van der Waals surface area contributed by atoms with Crippen molar-refractivity contribution in [2.24, 2.45) is 0 Å². The quantitative estimate of drug-likeness (QED) is 0.0272. The van der Waals surface area contributed by atoms with Crippen molar-refractivity contribution < 1.29 is 32.9 Å². The molecule has 0 radical (unpaired) electrons. The predicted molar refractivity (Wildman–Crippen MR) is 297 cm³/mol. The van der Waals surface area contributed by atoms with Gasteiger partial charge in [0.15, 0.2) is 0 Å². The van der Waals surface area contributed by atoms with Crippen molar-refractivity contribution >= 4 is 13.7 Å². The van der Waals surface area contributed by atoms with Crippen LogP contribution in [0.1, 0.15) is 162 Å². The maximum atomic E-state index is 12.9. The Labute approximate surface area is 422 Å². The molecule has 2 N–H and O–H groups in total. The molecule has 0 fully saturated rings. The number of hydrogen-bond donors (Lipinski definition) is 2. The lowest BCUT2D eigenvalue weighted by molar-refractivity contribution is -0.870. The number of phosphoric acid groups is 1. The molecule has 3 atom stereocenters. The molecular weight excluding hydrogens is 876 g/mol. The second kappa shape index (κ2) is 49.1. The van der Waals surface area contributed by atoms with Gasteiger partial charge in [-0.15, -0.1) is 0 Å². The van der Waals surface area contributed by atoms with Crippen molar-refractivity contribution in [2.75, 3.05) is 40.9 Å². The molecule has 0 rings (SSSR count). The number of aliphatic hydroxyl groups excluding tert-OH is 1. The first kappa shape index (κ1) is 65.1. The van der Waals surface area contributed by atoms with E-state index in [9.17, 15) is 19.4 Å². The van der Waals surface area contributed by atoms with Gasteiger partial charge in [0.25, 0.3) is 7.82 Å². The topological polar surface area (TPSA) is 108 Å². The molecule has 0 saturated heterocycles. The summed E-state index contributed by atoms with van der Waals surface area (Å²) in [6, 6.07) is -0.945. The van der Waals surface area contributed by atoms with E-state index in [2.05, 4.69) is 165 Å². The van der Waals surface area contributed by atoms with Gasteiger partial charge in [-0.05, 0) is 122 Å². The smallest absolute Gasteiger partial charge is 0.268 e. The molecule has 0 bridgehead atoms. The minimum absolute atomic E-state index is 0.0273. The Hall–Kier alpha value is -3.88. The fraction of sp³-hybridized carbons (Fsp3) is 0.550. The van der Waals surface area contributed by atoms with Crippen LogP contribution in [0.3, 0.4) is 0 Å². The largest absolute Gasteiger partial charge is 0.756 e. The zero-order chi connectivity index (χ0) is 50.6. The third-order valence-electron chi connectivity index (χ3n) is 10.4. The van der Waals surface area contributed by atoms with Crippen LogP contribution in [0.5, 0.6) is 0 Å². The first-order valence-electron chi connectivity index (χ1n) is 26.3. The molecule has 3 unspecified atom stereocenters. The van der Waals surface area contributed by atoms with Crippen molar-refractivity contribution in [3.63, 3.8) is 0 Å². The van der Waals surface area contributed by atoms with Crippen LogP contribution in [0.15, 0.2) is 158 Å². The summed E-state index contributed by atoms with van der Waals surface area (Å²) in [6.07, 6.45) is 77.5. The summed E-state index contributed by atoms with van der Waals surface area (Å²) in [6.45, 7) is 4.41. The maximum Gasteiger partial charge on any atom is 0.268 e. The van der Waals surface area contributed by atoms with Gasteiger partial charge >= 0.3 is 0 Å². The number of hydrogen-bond acceptors (Lipinski definition) is 6. The number of aliphatic hydroxyl groups is 1. The lowest BCUT2D eigenvalue weighted by Crippen LogP contribution is -2.45. The van der Waals surface area contributed by atoms with Crippen molar-refractivity contribution in [1.82, 2.24) is 5.32 Å². The Balaban J connectivity index is 4.40. The zero-order valence-electron chi connectivity index (χ0n) is 43.9. The summed E-state index contributed by atoms with van der Waals surface area (Å²) in [5, 5.41) is 13.7. The first-order valence-corrected chi connectivity index (χ1v) is 27.8. The van der Waals surface area contributed by atoms with Gasteiger partial charge in [0, 0.05) is 6.42 Å². The van der Waals surface area contributed by atoms with E-state index < -0.39 is 26.6 Å². The number of nitrogens with zero attached hydrogens (tertiary/aromatic N) is 1. The maximum absolute atomic E-state index is 12.9. The average Bonchev–Trinajstić information content (AvgIpc) is 3.31. The summed E-state index contributed by atoms with van der Waals surface area (Å²) in [5.41, 5.74) is 0. The molecule has 9 heteroatoms. The summed E-state index contributed by atoms with van der Waals surface area (Å²) >= 11 is 0. The van der Waals surface area contributed by atoms with Crippen LogP contribution in [0.2, 0.25) is 0 Å². The van der Waals surface area contributed by atoms with E-state index in [1.54, 1.807) is 6.08 Å². The highest BCUT2D eigenvalue weighted by Crippen LogP contribution is 2.38. The van der Waals surface area contributed by atoms with Crippen LogP contribution >= 0.6 is 7.82 Å². The van der Waals surface area contributed by atoms with Gasteiger partial charge in [-0.25, -0.2) is 0 Å². The highest BCUT2D eigenvalue weighted by Gasteiger charge is 2.23. The first-order chi connectivity index (χ1) is 33.5. The monoisotopic (exact) mass is 973 g/mol. The predicted octanol–water partition coefficient (Wildman–Crippen LogP) is 15.3. The van der Waals surface area contributed by atoms with E-state index in [4.69, 9.17) is 9.05 Å². The molecule has 0 aliphatic carbocycles. The van der Waals surface area contributed by atoms with E-state index >= 15 is 0 Å². The van der Waals surface area contributed by atoms with Crippen LogP contribution in [0.25, 0.3) is 0 Å². The lowest BCUT2D eigenvalue weighted by atomic mass is 10.1.